The van der Waals surface area contributed by atoms with Gasteiger partial charge in [-0.2, -0.15) is 10.2 Å². The van der Waals surface area contributed by atoms with E-state index < -0.39 is 5.60 Å². The summed E-state index contributed by atoms with van der Waals surface area (Å²) in [5, 5.41) is 9.30. The molecule has 0 atom stereocenters. The van der Waals surface area contributed by atoms with E-state index in [1.54, 1.807) is 6.20 Å². The molecule has 140 valence electrons. The minimum Gasteiger partial charge on any atom is -0.444 e. The minimum absolute atomic E-state index is 0.209. The molecule has 6 nitrogen and oxygen atoms in total. The van der Waals surface area contributed by atoms with Crippen LogP contribution in [0.4, 0.5) is 10.5 Å². The second-order valence-corrected chi connectivity index (χ2v) is 7.73. The lowest BCUT2D eigenvalue weighted by Crippen LogP contribution is -2.48. The number of hydrogen-bond acceptors (Lipinski definition) is 5. The van der Waals surface area contributed by atoms with Crippen LogP contribution in [-0.4, -0.2) is 52.5 Å². The van der Waals surface area contributed by atoms with Gasteiger partial charge in [0.05, 0.1) is 11.7 Å². The van der Waals surface area contributed by atoms with E-state index in [4.69, 9.17) is 4.74 Å². The summed E-state index contributed by atoms with van der Waals surface area (Å²) in [4.78, 5) is 16.7. The maximum absolute atomic E-state index is 12.5. The van der Waals surface area contributed by atoms with Crippen molar-refractivity contribution >= 4 is 22.7 Å². The molecule has 1 aromatic heterocycles. The van der Waals surface area contributed by atoms with E-state index in [2.05, 4.69) is 21.2 Å². The Labute approximate surface area is 155 Å². The van der Waals surface area contributed by atoms with Crippen LogP contribution in [-0.2, 0) is 4.74 Å². The Morgan fingerprint density at radius 2 is 2.00 bits per heavy atom. The summed E-state index contributed by atoms with van der Waals surface area (Å²) in [6.45, 7) is 10.2. The molecule has 0 radical (unpaired) electrons. The average molecular weight is 356 g/mol. The molecule has 1 aliphatic rings. The lowest BCUT2D eigenvalue weighted by atomic mass is 10.0. The fourth-order valence-electron chi connectivity index (χ4n) is 3.55. The first-order valence-electron chi connectivity index (χ1n) is 9.34. The van der Waals surface area contributed by atoms with Crippen molar-refractivity contribution in [2.45, 2.75) is 52.2 Å². The van der Waals surface area contributed by atoms with Gasteiger partial charge in [0.1, 0.15) is 5.60 Å². The molecule has 3 rings (SSSR count). The highest BCUT2D eigenvalue weighted by atomic mass is 16.6. The van der Waals surface area contributed by atoms with Crippen molar-refractivity contribution in [1.29, 1.82) is 0 Å². The highest BCUT2D eigenvalue weighted by Gasteiger charge is 2.30. The van der Waals surface area contributed by atoms with Gasteiger partial charge in [-0.05, 0) is 58.7 Å². The Balaban J connectivity index is 1.69. The molecular weight excluding hydrogens is 328 g/mol. The first-order chi connectivity index (χ1) is 12.4. The van der Waals surface area contributed by atoms with Gasteiger partial charge >= 0.3 is 6.09 Å². The average Bonchev–Trinajstić information content (AvgIpc) is 2.61. The van der Waals surface area contributed by atoms with E-state index >= 15 is 0 Å². The lowest BCUT2D eigenvalue weighted by Gasteiger charge is -2.39. The summed E-state index contributed by atoms with van der Waals surface area (Å²) >= 11 is 0. The van der Waals surface area contributed by atoms with Crippen LogP contribution in [0.2, 0.25) is 0 Å². The number of ether oxygens (including phenoxy) is 1. The van der Waals surface area contributed by atoms with Gasteiger partial charge in [0.15, 0.2) is 0 Å². The number of rotatable bonds is 3. The number of benzene rings is 1. The standard InChI is InChI=1S/C20H28N4O2/c1-5-24(19(25)26-20(2,3)4)15-10-13-23(14-11-15)18-8-6-7-17-16(18)9-12-21-22-17/h6-9,12,15H,5,10-11,13-14H2,1-4H3. The van der Waals surface area contributed by atoms with Crippen molar-refractivity contribution in [2.75, 3.05) is 24.5 Å². The molecule has 2 heterocycles. The van der Waals surface area contributed by atoms with Gasteiger partial charge in [0, 0.05) is 36.7 Å². The largest absolute Gasteiger partial charge is 0.444 e. The number of anilines is 1. The van der Waals surface area contributed by atoms with E-state index in [1.807, 2.05) is 50.8 Å². The smallest absolute Gasteiger partial charge is 0.410 e. The predicted octanol–water partition coefficient (Wildman–Crippen LogP) is 3.86. The molecule has 6 heteroatoms. The Bertz CT molecular complexity index is 758. The fourth-order valence-corrected chi connectivity index (χ4v) is 3.55. The number of amides is 1. The van der Waals surface area contributed by atoms with E-state index in [-0.39, 0.29) is 12.1 Å². The molecule has 0 bridgehead atoms. The van der Waals surface area contributed by atoms with Gasteiger partial charge in [0.2, 0.25) is 0 Å². The molecule has 0 aliphatic carbocycles. The molecule has 0 spiro atoms. The van der Waals surface area contributed by atoms with Crippen molar-refractivity contribution in [2.24, 2.45) is 0 Å². The number of fused-ring (bicyclic) bond motifs is 1. The molecule has 26 heavy (non-hydrogen) atoms. The number of nitrogens with zero attached hydrogens (tertiary/aromatic N) is 4. The van der Waals surface area contributed by atoms with E-state index in [0.29, 0.717) is 6.54 Å². The van der Waals surface area contributed by atoms with Crippen molar-refractivity contribution in [3.63, 3.8) is 0 Å². The Morgan fingerprint density at radius 3 is 2.65 bits per heavy atom. The molecule has 1 aliphatic heterocycles. The Morgan fingerprint density at radius 1 is 1.27 bits per heavy atom. The van der Waals surface area contributed by atoms with Crippen LogP contribution < -0.4 is 4.90 Å². The number of hydrogen-bond donors (Lipinski definition) is 0. The monoisotopic (exact) mass is 356 g/mol. The predicted molar refractivity (Wildman–Crippen MR) is 103 cm³/mol. The molecule has 0 N–H and O–H groups in total. The Hall–Kier alpha value is -2.37. The zero-order chi connectivity index (χ0) is 18.7. The molecule has 0 saturated carbocycles. The molecule has 1 amide bonds. The highest BCUT2D eigenvalue weighted by Crippen LogP contribution is 2.29. The summed E-state index contributed by atoms with van der Waals surface area (Å²) < 4.78 is 5.57. The van der Waals surface area contributed by atoms with E-state index in [1.165, 1.54) is 5.69 Å². The zero-order valence-corrected chi connectivity index (χ0v) is 16.1. The maximum Gasteiger partial charge on any atom is 0.410 e. The van der Waals surface area contributed by atoms with Crippen LogP contribution in [0.1, 0.15) is 40.5 Å². The third-order valence-electron chi connectivity index (χ3n) is 4.75. The summed E-state index contributed by atoms with van der Waals surface area (Å²) in [5.41, 5.74) is 1.64. The third kappa shape index (κ3) is 4.06. The van der Waals surface area contributed by atoms with Crippen molar-refractivity contribution < 1.29 is 9.53 Å². The summed E-state index contributed by atoms with van der Waals surface area (Å²) in [7, 11) is 0. The van der Waals surface area contributed by atoms with Crippen LogP contribution in [0.15, 0.2) is 30.5 Å². The molecule has 0 unspecified atom stereocenters. The zero-order valence-electron chi connectivity index (χ0n) is 16.1. The Kier molecular flexibility index (Phi) is 5.30. The summed E-state index contributed by atoms with van der Waals surface area (Å²) in [6, 6.07) is 8.39. The summed E-state index contributed by atoms with van der Waals surface area (Å²) in [6.07, 6.45) is 3.39. The van der Waals surface area contributed by atoms with Crippen LogP contribution in [0.5, 0.6) is 0 Å². The van der Waals surface area contributed by atoms with Gasteiger partial charge in [0.25, 0.3) is 0 Å². The first kappa shape index (κ1) is 18.4. The molecule has 1 saturated heterocycles. The normalized spacial score (nSPS) is 15.9. The topological polar surface area (TPSA) is 58.6 Å². The van der Waals surface area contributed by atoms with Crippen molar-refractivity contribution in [1.82, 2.24) is 15.1 Å². The van der Waals surface area contributed by atoms with E-state index in [9.17, 15) is 4.79 Å². The van der Waals surface area contributed by atoms with Crippen LogP contribution >= 0.6 is 0 Å². The van der Waals surface area contributed by atoms with Gasteiger partial charge < -0.3 is 14.5 Å². The molecular formula is C20H28N4O2. The van der Waals surface area contributed by atoms with Crippen LogP contribution in [0.3, 0.4) is 0 Å². The van der Waals surface area contributed by atoms with Gasteiger partial charge in [-0.25, -0.2) is 4.79 Å². The van der Waals surface area contributed by atoms with Crippen LogP contribution in [0.25, 0.3) is 10.9 Å². The van der Waals surface area contributed by atoms with Crippen molar-refractivity contribution in [3.05, 3.63) is 30.5 Å². The quantitative estimate of drug-likeness (QED) is 0.836. The second kappa shape index (κ2) is 7.48. The van der Waals surface area contributed by atoms with Crippen LogP contribution in [0, 0.1) is 0 Å². The number of piperidine rings is 1. The number of aromatic nitrogens is 2. The SMILES string of the molecule is CCN(C(=O)OC(C)(C)C)C1CCN(c2cccc3nnccc23)CC1. The molecule has 2 aromatic rings. The second-order valence-electron chi connectivity index (χ2n) is 7.73. The highest BCUT2D eigenvalue weighted by molar-refractivity contribution is 5.91. The van der Waals surface area contributed by atoms with Gasteiger partial charge in [-0.1, -0.05) is 6.07 Å². The van der Waals surface area contributed by atoms with Gasteiger partial charge in [-0.3, -0.25) is 0 Å². The molecule has 1 fully saturated rings. The maximum atomic E-state index is 12.5. The number of carbonyl (C=O) groups is 1. The fraction of sp³-hybridized carbons (Fsp3) is 0.550. The number of carbonyl (C=O) groups excluding carboxylic acids is 1. The first-order valence-corrected chi connectivity index (χ1v) is 9.34. The third-order valence-corrected chi connectivity index (χ3v) is 4.75. The molecule has 1 aromatic carbocycles. The van der Waals surface area contributed by atoms with Crippen molar-refractivity contribution in [3.8, 4) is 0 Å². The van der Waals surface area contributed by atoms with E-state index in [0.717, 1.165) is 36.8 Å². The summed E-state index contributed by atoms with van der Waals surface area (Å²) in [5.74, 6) is 0. The lowest BCUT2D eigenvalue weighted by molar-refractivity contribution is 0.0149. The minimum atomic E-state index is -0.463. The van der Waals surface area contributed by atoms with Gasteiger partial charge in [-0.15, -0.1) is 0 Å².